The number of carbonyl (C=O) groups is 3. The molecule has 2 saturated heterocycles. The molecule has 2 aliphatic rings. The third-order valence-electron chi connectivity index (χ3n) is 5.21. The van der Waals surface area contributed by atoms with Crippen LogP contribution < -0.4 is 0 Å². The van der Waals surface area contributed by atoms with Gasteiger partial charge in [0.25, 0.3) is 5.91 Å². The quantitative estimate of drug-likeness (QED) is 0.780. The maximum Gasteiger partial charge on any atom is 0.347 e. The van der Waals surface area contributed by atoms with Crippen molar-refractivity contribution in [3.05, 3.63) is 48.0 Å². The molecule has 0 radical (unpaired) electrons. The van der Waals surface area contributed by atoms with Crippen molar-refractivity contribution in [2.45, 2.75) is 25.4 Å². The summed E-state index contributed by atoms with van der Waals surface area (Å²) < 4.78 is 10.1. The Morgan fingerprint density at radius 2 is 1.89 bits per heavy atom. The Morgan fingerprint density at radius 1 is 1.07 bits per heavy atom. The topological polar surface area (TPSA) is 72.9 Å². The Morgan fingerprint density at radius 3 is 2.70 bits per heavy atom. The van der Waals surface area contributed by atoms with E-state index in [1.807, 2.05) is 42.5 Å². The second-order valence-electron chi connectivity index (χ2n) is 7.00. The number of nitrogens with zero attached hydrogens (tertiary/aromatic N) is 1. The number of hydrogen-bond donors (Lipinski definition) is 0. The first-order valence-electron chi connectivity index (χ1n) is 9.27. The molecule has 6 nitrogen and oxygen atoms in total. The van der Waals surface area contributed by atoms with Gasteiger partial charge in [0, 0.05) is 25.1 Å². The third kappa shape index (κ3) is 3.52. The van der Waals surface area contributed by atoms with Gasteiger partial charge in [-0.3, -0.25) is 9.59 Å². The average Bonchev–Trinajstić information content (AvgIpc) is 3.11. The maximum atomic E-state index is 13.1. The van der Waals surface area contributed by atoms with Gasteiger partial charge in [-0.1, -0.05) is 36.4 Å². The van der Waals surface area contributed by atoms with Crippen molar-refractivity contribution in [1.82, 2.24) is 4.90 Å². The third-order valence-corrected chi connectivity index (χ3v) is 5.21. The van der Waals surface area contributed by atoms with Crippen LogP contribution in [0.3, 0.4) is 0 Å². The number of likely N-dealkylation sites (tertiary alicyclic amines) is 1. The molecule has 140 valence electrons. The normalized spacial score (nSPS) is 22.5. The van der Waals surface area contributed by atoms with Gasteiger partial charge in [-0.25, -0.2) is 4.79 Å². The van der Waals surface area contributed by atoms with Gasteiger partial charge < -0.3 is 14.4 Å². The van der Waals surface area contributed by atoms with Gasteiger partial charge in [0.2, 0.25) is 6.10 Å². The number of rotatable bonds is 3. The van der Waals surface area contributed by atoms with E-state index in [4.69, 9.17) is 9.47 Å². The summed E-state index contributed by atoms with van der Waals surface area (Å²) in [7, 11) is 0. The summed E-state index contributed by atoms with van der Waals surface area (Å²) in [5.74, 6) is -1.40. The van der Waals surface area contributed by atoms with Crippen LogP contribution in [0.2, 0.25) is 0 Å². The molecular formula is C21H21NO5. The summed E-state index contributed by atoms with van der Waals surface area (Å²) in [5.41, 5.74) is 0.640. The first-order valence-corrected chi connectivity index (χ1v) is 9.27. The molecular weight excluding hydrogens is 346 g/mol. The lowest BCUT2D eigenvalue weighted by Crippen LogP contribution is -2.43. The molecule has 2 atom stereocenters. The van der Waals surface area contributed by atoms with Gasteiger partial charge in [-0.15, -0.1) is 0 Å². The SMILES string of the molecule is O=C(O[C@@H]1CCOC1=O)[C@@H]1CCCN(C(=O)c2cccc3ccccc23)C1. The van der Waals surface area contributed by atoms with E-state index in [1.54, 1.807) is 4.90 Å². The Hall–Kier alpha value is -2.89. The minimum absolute atomic E-state index is 0.0791. The fourth-order valence-electron chi connectivity index (χ4n) is 3.76. The van der Waals surface area contributed by atoms with E-state index in [0.717, 1.165) is 17.2 Å². The van der Waals surface area contributed by atoms with Crippen molar-refractivity contribution in [3.8, 4) is 0 Å². The lowest BCUT2D eigenvalue weighted by molar-refractivity contribution is -0.164. The largest absolute Gasteiger partial charge is 0.463 e. The molecule has 2 aromatic carbocycles. The zero-order valence-corrected chi connectivity index (χ0v) is 14.9. The zero-order chi connectivity index (χ0) is 18.8. The standard InChI is InChI=1S/C21H21NO5/c23-19(17-9-3-6-14-5-1-2-8-16(14)17)22-11-4-7-15(13-22)20(24)27-18-10-12-26-21(18)25/h1-3,5-6,8-9,15,18H,4,7,10-13H2/t15-,18-/m1/s1. The first-order chi connectivity index (χ1) is 13.1. The van der Waals surface area contributed by atoms with E-state index in [1.165, 1.54) is 0 Å². The second kappa shape index (κ2) is 7.39. The minimum atomic E-state index is -0.804. The zero-order valence-electron chi connectivity index (χ0n) is 14.9. The van der Waals surface area contributed by atoms with Crippen LogP contribution in [0, 0.1) is 5.92 Å². The number of benzene rings is 2. The van der Waals surface area contributed by atoms with Gasteiger partial charge in [-0.05, 0) is 29.7 Å². The molecule has 1 amide bonds. The Labute approximate surface area is 157 Å². The number of fused-ring (bicyclic) bond motifs is 1. The van der Waals surface area contributed by atoms with E-state index in [0.29, 0.717) is 31.5 Å². The van der Waals surface area contributed by atoms with E-state index in [9.17, 15) is 14.4 Å². The van der Waals surface area contributed by atoms with Crippen LogP contribution in [0.4, 0.5) is 0 Å². The number of piperidine rings is 1. The van der Waals surface area contributed by atoms with Crippen molar-refractivity contribution in [1.29, 1.82) is 0 Å². The number of cyclic esters (lactones) is 1. The second-order valence-corrected chi connectivity index (χ2v) is 7.00. The Balaban J connectivity index is 1.48. The van der Waals surface area contributed by atoms with Crippen molar-refractivity contribution < 1.29 is 23.9 Å². The van der Waals surface area contributed by atoms with Crippen LogP contribution in [-0.2, 0) is 19.1 Å². The highest BCUT2D eigenvalue weighted by atomic mass is 16.6. The molecule has 27 heavy (non-hydrogen) atoms. The van der Waals surface area contributed by atoms with Gasteiger partial charge in [0.1, 0.15) is 0 Å². The van der Waals surface area contributed by atoms with Crippen LogP contribution in [0.5, 0.6) is 0 Å². The first kappa shape index (κ1) is 17.5. The summed E-state index contributed by atoms with van der Waals surface area (Å²) in [6, 6.07) is 13.4. The molecule has 4 rings (SSSR count). The Bertz CT molecular complexity index is 888. The molecule has 0 saturated carbocycles. The molecule has 2 heterocycles. The molecule has 0 N–H and O–H groups in total. The summed E-state index contributed by atoms with van der Waals surface area (Å²) in [4.78, 5) is 38.7. The number of hydrogen-bond acceptors (Lipinski definition) is 5. The summed E-state index contributed by atoms with van der Waals surface area (Å²) in [5, 5.41) is 1.92. The maximum absolute atomic E-state index is 13.1. The summed E-state index contributed by atoms with van der Waals surface area (Å²) >= 11 is 0. The number of carbonyl (C=O) groups excluding carboxylic acids is 3. The highest BCUT2D eigenvalue weighted by molar-refractivity contribution is 6.07. The highest BCUT2D eigenvalue weighted by Crippen LogP contribution is 2.25. The molecule has 2 fully saturated rings. The summed E-state index contributed by atoms with van der Waals surface area (Å²) in [6.07, 6.45) is 0.975. The van der Waals surface area contributed by atoms with Crippen molar-refractivity contribution in [3.63, 3.8) is 0 Å². The average molecular weight is 367 g/mol. The lowest BCUT2D eigenvalue weighted by Gasteiger charge is -2.32. The molecule has 2 aliphatic heterocycles. The number of ether oxygens (including phenoxy) is 2. The predicted molar refractivity (Wildman–Crippen MR) is 98.0 cm³/mol. The fraction of sp³-hybridized carbons (Fsp3) is 0.381. The Kier molecular flexibility index (Phi) is 4.79. The van der Waals surface area contributed by atoms with Crippen LogP contribution in [-0.4, -0.2) is 48.5 Å². The molecule has 0 spiro atoms. The van der Waals surface area contributed by atoms with Crippen molar-refractivity contribution in [2.75, 3.05) is 19.7 Å². The molecule has 0 unspecified atom stereocenters. The van der Waals surface area contributed by atoms with Gasteiger partial charge in [0.15, 0.2) is 0 Å². The fourth-order valence-corrected chi connectivity index (χ4v) is 3.76. The van der Waals surface area contributed by atoms with E-state index >= 15 is 0 Å². The van der Waals surface area contributed by atoms with Crippen LogP contribution in [0.15, 0.2) is 42.5 Å². The molecule has 0 aliphatic carbocycles. The summed E-state index contributed by atoms with van der Waals surface area (Å²) in [6.45, 7) is 1.20. The van der Waals surface area contributed by atoms with E-state index in [-0.39, 0.29) is 12.5 Å². The molecule has 2 aromatic rings. The monoisotopic (exact) mass is 367 g/mol. The van der Waals surface area contributed by atoms with E-state index in [2.05, 4.69) is 0 Å². The molecule has 0 aromatic heterocycles. The predicted octanol–water partition coefficient (Wildman–Crippen LogP) is 2.55. The number of amides is 1. The van der Waals surface area contributed by atoms with Crippen molar-refractivity contribution in [2.24, 2.45) is 5.92 Å². The minimum Gasteiger partial charge on any atom is -0.463 e. The smallest absolute Gasteiger partial charge is 0.347 e. The van der Waals surface area contributed by atoms with Crippen LogP contribution >= 0.6 is 0 Å². The van der Waals surface area contributed by atoms with Crippen LogP contribution in [0.1, 0.15) is 29.6 Å². The number of esters is 2. The highest BCUT2D eigenvalue weighted by Gasteiger charge is 2.35. The van der Waals surface area contributed by atoms with Crippen LogP contribution in [0.25, 0.3) is 10.8 Å². The molecule has 6 heteroatoms. The van der Waals surface area contributed by atoms with Gasteiger partial charge in [-0.2, -0.15) is 0 Å². The lowest BCUT2D eigenvalue weighted by atomic mass is 9.96. The van der Waals surface area contributed by atoms with Gasteiger partial charge >= 0.3 is 11.9 Å². The van der Waals surface area contributed by atoms with Gasteiger partial charge in [0.05, 0.1) is 12.5 Å². The molecule has 0 bridgehead atoms. The van der Waals surface area contributed by atoms with E-state index < -0.39 is 24.0 Å². The van der Waals surface area contributed by atoms with Crippen molar-refractivity contribution >= 4 is 28.6 Å².